The number of likely N-dealkylation sites (N-methyl/N-ethyl adjacent to an activating group) is 1. The number of benzene rings is 1. The molecule has 1 unspecified atom stereocenters. The number of nitrogens with zero attached hydrogens (tertiary/aromatic N) is 2. The van der Waals surface area contributed by atoms with E-state index >= 15 is 0 Å². The van der Waals surface area contributed by atoms with Gasteiger partial charge in [-0.3, -0.25) is 0 Å². The van der Waals surface area contributed by atoms with Crippen LogP contribution in [0.25, 0.3) is 0 Å². The second-order valence-corrected chi connectivity index (χ2v) is 7.53. The third-order valence-electron chi connectivity index (χ3n) is 3.62. The molecule has 0 aromatic heterocycles. The Labute approximate surface area is 129 Å². The molecule has 0 saturated carbocycles. The molecule has 1 aliphatic heterocycles. The fourth-order valence-corrected chi connectivity index (χ4v) is 4.34. The third kappa shape index (κ3) is 3.22. The van der Waals surface area contributed by atoms with Crippen molar-refractivity contribution in [2.24, 2.45) is 0 Å². The molecule has 0 spiro atoms. The molecule has 0 aliphatic carbocycles. The number of aliphatic hydroxyl groups excluding tert-OH is 1. The molecular weight excluding hydrogens is 319 g/mol. The second-order valence-electron chi connectivity index (χ2n) is 5.26. The van der Waals surface area contributed by atoms with Crippen molar-refractivity contribution < 1.29 is 17.9 Å². The van der Waals surface area contributed by atoms with Crippen LogP contribution in [-0.2, 0) is 16.6 Å². The minimum absolute atomic E-state index is 0.0667. The molecule has 0 radical (unpaired) electrons. The van der Waals surface area contributed by atoms with Gasteiger partial charge in [-0.25, -0.2) is 12.8 Å². The van der Waals surface area contributed by atoms with E-state index in [0.29, 0.717) is 19.6 Å². The first-order chi connectivity index (χ1) is 9.77. The highest BCUT2D eigenvalue weighted by molar-refractivity contribution is 7.89. The normalized spacial score (nSPS) is 21.7. The van der Waals surface area contributed by atoms with Crippen molar-refractivity contribution in [3.8, 4) is 0 Å². The number of rotatable bonds is 3. The van der Waals surface area contributed by atoms with Crippen molar-refractivity contribution in [1.82, 2.24) is 9.21 Å². The Morgan fingerprint density at radius 3 is 2.67 bits per heavy atom. The van der Waals surface area contributed by atoms with Gasteiger partial charge in [0.25, 0.3) is 0 Å². The van der Waals surface area contributed by atoms with E-state index in [0.717, 1.165) is 6.07 Å². The Morgan fingerprint density at radius 1 is 1.43 bits per heavy atom. The molecule has 118 valence electrons. The van der Waals surface area contributed by atoms with Crippen LogP contribution in [-0.4, -0.2) is 55.5 Å². The smallest absolute Gasteiger partial charge is 0.243 e. The zero-order valence-corrected chi connectivity index (χ0v) is 13.5. The monoisotopic (exact) mass is 336 g/mol. The van der Waals surface area contributed by atoms with E-state index in [1.165, 1.54) is 10.4 Å². The molecule has 0 bridgehead atoms. The van der Waals surface area contributed by atoms with E-state index in [4.69, 9.17) is 16.7 Å². The summed E-state index contributed by atoms with van der Waals surface area (Å²) < 4.78 is 40.4. The largest absolute Gasteiger partial charge is 0.392 e. The van der Waals surface area contributed by atoms with Gasteiger partial charge >= 0.3 is 0 Å². The zero-order chi connectivity index (χ0) is 15.8. The minimum atomic E-state index is -3.81. The quantitative estimate of drug-likeness (QED) is 0.903. The fraction of sp³-hybridized carbons (Fsp3) is 0.538. The Morgan fingerprint density at radius 2 is 2.10 bits per heavy atom. The van der Waals surface area contributed by atoms with Crippen LogP contribution >= 0.6 is 11.6 Å². The standard InChI is InChI=1S/C13H18ClFN2O3S/c1-9-7-16(2)3-4-17(9)21(19,20)11-5-10(8-18)13(14)12(15)6-11/h5-6,9,18H,3-4,7-8H2,1-2H3. The van der Waals surface area contributed by atoms with Gasteiger partial charge in [0.15, 0.2) is 0 Å². The lowest BCUT2D eigenvalue weighted by atomic mass is 10.2. The molecule has 8 heteroatoms. The predicted octanol–water partition coefficient (Wildman–Crippen LogP) is 1.30. The number of sulfonamides is 1. The van der Waals surface area contributed by atoms with Crippen LogP contribution < -0.4 is 0 Å². The molecule has 1 fully saturated rings. The maximum absolute atomic E-state index is 13.7. The lowest BCUT2D eigenvalue weighted by Crippen LogP contribution is -2.52. The molecule has 21 heavy (non-hydrogen) atoms. The highest BCUT2D eigenvalue weighted by Gasteiger charge is 2.33. The van der Waals surface area contributed by atoms with Crippen LogP contribution in [0.15, 0.2) is 17.0 Å². The first-order valence-electron chi connectivity index (χ1n) is 6.56. The highest BCUT2D eigenvalue weighted by atomic mass is 35.5. The summed E-state index contributed by atoms with van der Waals surface area (Å²) >= 11 is 5.70. The molecule has 1 N–H and O–H groups in total. The number of aliphatic hydroxyl groups is 1. The Bertz CT molecular complexity index is 639. The van der Waals surface area contributed by atoms with Gasteiger partial charge in [-0.05, 0) is 26.1 Å². The molecule has 1 saturated heterocycles. The highest BCUT2D eigenvalue weighted by Crippen LogP contribution is 2.27. The van der Waals surface area contributed by atoms with Crippen LogP contribution in [0.5, 0.6) is 0 Å². The summed E-state index contributed by atoms with van der Waals surface area (Å²) in [5.74, 6) is -0.844. The van der Waals surface area contributed by atoms with Gasteiger partial charge in [0.2, 0.25) is 10.0 Å². The maximum Gasteiger partial charge on any atom is 0.243 e. The Hall–Kier alpha value is -0.730. The first kappa shape index (κ1) is 16.6. The molecule has 2 rings (SSSR count). The fourth-order valence-electron chi connectivity index (χ4n) is 2.50. The molecule has 1 aliphatic rings. The summed E-state index contributed by atoms with van der Waals surface area (Å²) in [6.07, 6.45) is 0. The predicted molar refractivity (Wildman–Crippen MR) is 78.2 cm³/mol. The number of piperazine rings is 1. The van der Waals surface area contributed by atoms with E-state index in [9.17, 15) is 12.8 Å². The van der Waals surface area contributed by atoms with E-state index < -0.39 is 22.4 Å². The molecule has 5 nitrogen and oxygen atoms in total. The van der Waals surface area contributed by atoms with E-state index in [1.807, 2.05) is 18.9 Å². The second kappa shape index (κ2) is 6.18. The summed E-state index contributed by atoms with van der Waals surface area (Å²) in [4.78, 5) is 1.86. The Balaban J connectivity index is 2.42. The molecule has 1 aromatic rings. The summed E-state index contributed by atoms with van der Waals surface area (Å²) in [6, 6.07) is 1.93. The number of halogens is 2. The van der Waals surface area contributed by atoms with Gasteiger partial charge in [0.05, 0.1) is 16.5 Å². The lowest BCUT2D eigenvalue weighted by molar-refractivity contribution is 0.170. The van der Waals surface area contributed by atoms with Gasteiger partial charge in [0, 0.05) is 31.2 Å². The van der Waals surface area contributed by atoms with Crippen molar-refractivity contribution in [1.29, 1.82) is 0 Å². The number of hydrogen-bond acceptors (Lipinski definition) is 4. The summed E-state index contributed by atoms with van der Waals surface area (Å²) in [5.41, 5.74) is 0.0667. The molecule has 1 atom stereocenters. The topological polar surface area (TPSA) is 60.9 Å². The van der Waals surface area contributed by atoms with Crippen molar-refractivity contribution >= 4 is 21.6 Å². The van der Waals surface area contributed by atoms with Gasteiger partial charge in [-0.15, -0.1) is 0 Å². The van der Waals surface area contributed by atoms with Crippen LogP contribution in [0.2, 0.25) is 5.02 Å². The Kier molecular flexibility index (Phi) is 4.89. The van der Waals surface area contributed by atoms with Gasteiger partial charge in [0.1, 0.15) is 5.82 Å². The summed E-state index contributed by atoms with van der Waals surface area (Å²) in [7, 11) is -1.89. The average Bonchev–Trinajstić information content (AvgIpc) is 2.41. The van der Waals surface area contributed by atoms with Gasteiger partial charge in [-0.2, -0.15) is 4.31 Å². The first-order valence-corrected chi connectivity index (χ1v) is 8.38. The van der Waals surface area contributed by atoms with Crippen molar-refractivity contribution in [2.45, 2.75) is 24.5 Å². The molecule has 0 amide bonds. The van der Waals surface area contributed by atoms with Crippen LogP contribution in [0.1, 0.15) is 12.5 Å². The molecule has 1 heterocycles. The van der Waals surface area contributed by atoms with Crippen molar-refractivity contribution in [3.05, 3.63) is 28.5 Å². The minimum Gasteiger partial charge on any atom is -0.392 e. The van der Waals surface area contributed by atoms with E-state index in [1.54, 1.807) is 0 Å². The van der Waals surface area contributed by atoms with Gasteiger partial charge < -0.3 is 10.0 Å². The average molecular weight is 337 g/mol. The van der Waals surface area contributed by atoms with Crippen molar-refractivity contribution in [3.63, 3.8) is 0 Å². The van der Waals surface area contributed by atoms with Crippen LogP contribution in [0.3, 0.4) is 0 Å². The van der Waals surface area contributed by atoms with Crippen LogP contribution in [0, 0.1) is 5.82 Å². The lowest BCUT2D eigenvalue weighted by Gasteiger charge is -2.37. The van der Waals surface area contributed by atoms with Crippen molar-refractivity contribution in [2.75, 3.05) is 26.7 Å². The maximum atomic E-state index is 13.7. The molecule has 1 aromatic carbocycles. The summed E-state index contributed by atoms with van der Waals surface area (Å²) in [6.45, 7) is 2.87. The van der Waals surface area contributed by atoms with E-state index in [-0.39, 0.29) is 21.5 Å². The number of hydrogen-bond donors (Lipinski definition) is 1. The van der Waals surface area contributed by atoms with Crippen LogP contribution in [0.4, 0.5) is 4.39 Å². The summed E-state index contributed by atoms with van der Waals surface area (Å²) in [5, 5.41) is 8.92. The third-order valence-corrected chi connectivity index (χ3v) is 6.04. The van der Waals surface area contributed by atoms with E-state index in [2.05, 4.69) is 0 Å². The SMILES string of the molecule is CC1CN(C)CCN1S(=O)(=O)c1cc(F)c(Cl)c(CO)c1. The zero-order valence-electron chi connectivity index (χ0n) is 11.9. The molecular formula is C13H18ClFN2O3S. The van der Waals surface area contributed by atoms with Gasteiger partial charge in [-0.1, -0.05) is 11.6 Å².